The quantitative estimate of drug-likeness (QED) is 0.788. The summed E-state index contributed by atoms with van der Waals surface area (Å²) in [6.45, 7) is 18.2. The summed E-state index contributed by atoms with van der Waals surface area (Å²) in [4.78, 5) is 19.9. The number of amides is 1. The third-order valence-electron chi connectivity index (χ3n) is 6.65. The number of nitrogens with one attached hydrogen (secondary N) is 1. The zero-order valence-corrected chi connectivity index (χ0v) is 16.7. The van der Waals surface area contributed by atoms with Gasteiger partial charge in [0.05, 0.1) is 0 Å². The molecule has 3 aliphatic rings. The summed E-state index contributed by atoms with van der Waals surface area (Å²) in [6.07, 6.45) is 2.47. The highest BCUT2D eigenvalue weighted by molar-refractivity contribution is 5.78. The Hall–Kier alpha value is -0.650. The number of hydrogen-bond acceptors (Lipinski definition) is 4. The van der Waals surface area contributed by atoms with Crippen LogP contribution in [0.1, 0.15) is 40.5 Å². The van der Waals surface area contributed by atoms with Crippen LogP contribution in [0.4, 0.5) is 0 Å². The fourth-order valence-electron chi connectivity index (χ4n) is 4.85. The summed E-state index contributed by atoms with van der Waals surface area (Å²) in [5.41, 5.74) is 0. The first-order chi connectivity index (χ1) is 11.9. The molecule has 0 aromatic carbocycles. The highest BCUT2D eigenvalue weighted by atomic mass is 16.1. The molecule has 0 radical (unpaired) electrons. The topological polar surface area (TPSA) is 38.8 Å². The monoisotopic (exact) mass is 350 g/mol. The predicted molar refractivity (Wildman–Crippen MR) is 103 cm³/mol. The number of carbonyl (C=O) groups is 1. The molecule has 1 N–H and O–H groups in total. The molecule has 2 saturated heterocycles. The first kappa shape index (κ1) is 19.1. The maximum Gasteiger partial charge on any atom is 0.222 e. The van der Waals surface area contributed by atoms with Gasteiger partial charge in [0.1, 0.15) is 0 Å². The van der Waals surface area contributed by atoms with Crippen LogP contribution in [-0.4, -0.2) is 85.0 Å². The van der Waals surface area contributed by atoms with Crippen LogP contribution in [0, 0.1) is 17.8 Å². The minimum absolute atomic E-state index is 0.0982. The number of piperazine rings is 1. The molecule has 1 amide bonds. The smallest absolute Gasteiger partial charge is 0.222 e. The lowest BCUT2D eigenvalue weighted by molar-refractivity contribution is -0.124. The molecule has 0 aromatic rings. The van der Waals surface area contributed by atoms with Crippen LogP contribution >= 0.6 is 0 Å². The fourth-order valence-corrected chi connectivity index (χ4v) is 4.85. The molecule has 0 bridgehead atoms. The number of carbonyl (C=O) groups excluding carboxylic acids is 1. The first-order valence-corrected chi connectivity index (χ1v) is 10.4. The van der Waals surface area contributed by atoms with E-state index in [1.165, 1.54) is 65.2 Å². The number of nitrogens with zero attached hydrogens (tertiary/aromatic N) is 3. The van der Waals surface area contributed by atoms with Crippen molar-refractivity contribution in [2.75, 3.05) is 52.4 Å². The van der Waals surface area contributed by atoms with E-state index in [0.717, 1.165) is 5.92 Å². The van der Waals surface area contributed by atoms with Gasteiger partial charge in [0.25, 0.3) is 0 Å². The molecule has 0 spiro atoms. The van der Waals surface area contributed by atoms with Crippen LogP contribution in [0.5, 0.6) is 0 Å². The van der Waals surface area contributed by atoms with E-state index in [2.05, 4.69) is 33.9 Å². The lowest BCUT2D eigenvalue weighted by Crippen LogP contribution is -2.50. The van der Waals surface area contributed by atoms with E-state index in [9.17, 15) is 4.79 Å². The van der Waals surface area contributed by atoms with E-state index in [1.807, 2.05) is 13.8 Å². The zero-order valence-electron chi connectivity index (χ0n) is 16.7. The van der Waals surface area contributed by atoms with Crippen LogP contribution in [0.15, 0.2) is 0 Å². The van der Waals surface area contributed by atoms with Gasteiger partial charge in [0.2, 0.25) is 5.91 Å². The molecule has 3 atom stereocenters. The normalized spacial score (nSPS) is 31.8. The molecule has 3 fully saturated rings. The van der Waals surface area contributed by atoms with Crippen LogP contribution in [0.3, 0.4) is 0 Å². The number of hydrogen-bond donors (Lipinski definition) is 1. The van der Waals surface area contributed by atoms with Gasteiger partial charge in [0.15, 0.2) is 0 Å². The molecule has 1 saturated carbocycles. The molecule has 2 aliphatic heterocycles. The number of rotatable bonds is 6. The van der Waals surface area contributed by atoms with Crippen LogP contribution in [0.25, 0.3) is 0 Å². The van der Waals surface area contributed by atoms with Crippen molar-refractivity contribution in [3.8, 4) is 0 Å². The molecule has 144 valence electrons. The van der Waals surface area contributed by atoms with Gasteiger partial charge >= 0.3 is 0 Å². The molecule has 0 aromatic heterocycles. The van der Waals surface area contributed by atoms with E-state index in [4.69, 9.17) is 0 Å². The van der Waals surface area contributed by atoms with E-state index in [-0.39, 0.29) is 11.8 Å². The van der Waals surface area contributed by atoms with E-state index in [1.54, 1.807) is 0 Å². The maximum atomic E-state index is 12.0. The molecular weight excluding hydrogens is 312 g/mol. The Morgan fingerprint density at radius 3 is 2.28 bits per heavy atom. The Bertz CT molecular complexity index is 445. The lowest BCUT2D eigenvalue weighted by atomic mass is 9.97. The van der Waals surface area contributed by atoms with Gasteiger partial charge in [-0.25, -0.2) is 0 Å². The Morgan fingerprint density at radius 2 is 1.64 bits per heavy atom. The molecule has 5 heteroatoms. The van der Waals surface area contributed by atoms with Gasteiger partial charge in [-0.2, -0.15) is 0 Å². The number of fused-ring (bicyclic) bond motifs is 1. The van der Waals surface area contributed by atoms with Gasteiger partial charge in [-0.15, -0.1) is 0 Å². The minimum atomic E-state index is 0.0982. The SMILES string of the molecule is CC(C)C(=O)NC1CCC2CN(CCN3CCN(C(C)C)CC3)CC21. The predicted octanol–water partition coefficient (Wildman–Crippen LogP) is 1.50. The van der Waals surface area contributed by atoms with Gasteiger partial charge in [0, 0.05) is 70.4 Å². The average Bonchev–Trinajstić information content (AvgIpc) is 3.14. The zero-order chi connectivity index (χ0) is 18.0. The second-order valence-electron chi connectivity index (χ2n) is 9.00. The van der Waals surface area contributed by atoms with Crippen molar-refractivity contribution >= 4 is 5.91 Å². The second kappa shape index (κ2) is 8.36. The Balaban J connectivity index is 1.39. The maximum absolute atomic E-state index is 12.0. The van der Waals surface area contributed by atoms with Gasteiger partial charge in [-0.3, -0.25) is 14.6 Å². The highest BCUT2D eigenvalue weighted by Gasteiger charge is 2.43. The van der Waals surface area contributed by atoms with Crippen LogP contribution < -0.4 is 5.32 Å². The Kier molecular flexibility index (Phi) is 6.39. The lowest BCUT2D eigenvalue weighted by Gasteiger charge is -2.37. The standard InChI is InChI=1S/C20H38N4O/c1-15(2)20(25)21-19-6-5-17-13-23(14-18(17)19)8-7-22-9-11-24(12-10-22)16(3)4/h15-19H,5-14H2,1-4H3,(H,21,25). The summed E-state index contributed by atoms with van der Waals surface area (Å²) < 4.78 is 0. The third kappa shape index (κ3) is 4.75. The molecule has 25 heavy (non-hydrogen) atoms. The van der Waals surface area contributed by atoms with Crippen molar-refractivity contribution in [3.05, 3.63) is 0 Å². The third-order valence-corrected chi connectivity index (χ3v) is 6.65. The molecule has 3 unspecified atom stereocenters. The van der Waals surface area contributed by atoms with Crippen LogP contribution in [0.2, 0.25) is 0 Å². The molecular formula is C20H38N4O. The molecule has 3 rings (SSSR count). The Morgan fingerprint density at radius 1 is 0.960 bits per heavy atom. The van der Waals surface area contributed by atoms with Crippen molar-refractivity contribution in [1.29, 1.82) is 0 Å². The van der Waals surface area contributed by atoms with Crippen LogP contribution in [-0.2, 0) is 4.79 Å². The van der Waals surface area contributed by atoms with Crippen molar-refractivity contribution in [3.63, 3.8) is 0 Å². The summed E-state index contributed by atoms with van der Waals surface area (Å²) >= 11 is 0. The summed E-state index contributed by atoms with van der Waals surface area (Å²) in [6, 6.07) is 1.09. The minimum Gasteiger partial charge on any atom is -0.353 e. The highest BCUT2D eigenvalue weighted by Crippen LogP contribution is 2.38. The van der Waals surface area contributed by atoms with Crippen molar-refractivity contribution < 1.29 is 4.79 Å². The Labute approximate surface area is 154 Å². The molecule has 1 aliphatic carbocycles. The second-order valence-corrected chi connectivity index (χ2v) is 9.00. The van der Waals surface area contributed by atoms with Gasteiger partial charge in [-0.1, -0.05) is 13.8 Å². The molecule has 2 heterocycles. The summed E-state index contributed by atoms with van der Waals surface area (Å²) in [5.74, 6) is 1.81. The number of likely N-dealkylation sites (tertiary alicyclic amines) is 1. The summed E-state index contributed by atoms with van der Waals surface area (Å²) in [5, 5.41) is 3.31. The van der Waals surface area contributed by atoms with E-state index < -0.39 is 0 Å². The summed E-state index contributed by atoms with van der Waals surface area (Å²) in [7, 11) is 0. The van der Waals surface area contributed by atoms with Crippen molar-refractivity contribution in [1.82, 2.24) is 20.0 Å². The average molecular weight is 351 g/mol. The van der Waals surface area contributed by atoms with E-state index >= 15 is 0 Å². The largest absolute Gasteiger partial charge is 0.353 e. The van der Waals surface area contributed by atoms with Crippen molar-refractivity contribution in [2.45, 2.75) is 52.6 Å². The van der Waals surface area contributed by atoms with Gasteiger partial charge in [-0.05, 0) is 38.5 Å². The van der Waals surface area contributed by atoms with E-state index in [0.29, 0.717) is 18.0 Å². The first-order valence-electron chi connectivity index (χ1n) is 10.4. The fraction of sp³-hybridized carbons (Fsp3) is 0.950. The van der Waals surface area contributed by atoms with Crippen molar-refractivity contribution in [2.24, 2.45) is 17.8 Å². The molecule has 5 nitrogen and oxygen atoms in total. The van der Waals surface area contributed by atoms with Gasteiger partial charge < -0.3 is 10.2 Å².